The molecule has 0 aliphatic carbocycles. The molecular weight excluding hydrogens is 446 g/mol. The quantitative estimate of drug-likeness (QED) is 0.448. The maximum Gasteiger partial charge on any atom is 0.229 e. The van der Waals surface area contributed by atoms with Crippen molar-refractivity contribution in [2.24, 2.45) is 5.41 Å². The van der Waals surface area contributed by atoms with Gasteiger partial charge in [-0.2, -0.15) is 0 Å². The van der Waals surface area contributed by atoms with E-state index in [1.54, 1.807) is 19.2 Å². The third kappa shape index (κ3) is 9.42. The number of sulfonamides is 1. The standard InChI is InChI=1S/C23H33N3O4S2/c1-23(2,3)21(29-4)16-30-20-12-8-18(9-13-20)15-25-22(31)24-14-17-6-10-19(11-7-17)26-32(5,27)28/h6-13,21,26H,14-16H2,1-5H3,(H2,24,25,31). The highest BCUT2D eigenvalue weighted by Crippen LogP contribution is 2.23. The lowest BCUT2D eigenvalue weighted by atomic mass is 9.89. The molecule has 0 saturated carbocycles. The van der Waals surface area contributed by atoms with Crippen molar-refractivity contribution in [3.63, 3.8) is 0 Å². The van der Waals surface area contributed by atoms with Gasteiger partial charge in [-0.05, 0) is 53.0 Å². The molecule has 0 fully saturated rings. The minimum absolute atomic E-state index is 0.0103. The molecule has 1 unspecified atom stereocenters. The van der Waals surface area contributed by atoms with Gasteiger partial charge in [-0.15, -0.1) is 0 Å². The Hall–Kier alpha value is -2.36. The lowest BCUT2D eigenvalue weighted by Gasteiger charge is -2.29. The zero-order valence-corrected chi connectivity index (χ0v) is 20.9. The zero-order chi connectivity index (χ0) is 23.8. The Kier molecular flexibility index (Phi) is 9.30. The van der Waals surface area contributed by atoms with Crippen LogP contribution in [0.4, 0.5) is 5.69 Å². The van der Waals surface area contributed by atoms with Crippen LogP contribution in [-0.2, 0) is 27.8 Å². The van der Waals surface area contributed by atoms with Crippen LogP contribution in [0.15, 0.2) is 48.5 Å². The number of hydrogen-bond donors (Lipinski definition) is 3. The molecule has 0 aromatic heterocycles. The molecular formula is C23H33N3O4S2. The molecule has 32 heavy (non-hydrogen) atoms. The van der Waals surface area contributed by atoms with Crippen LogP contribution in [0.25, 0.3) is 0 Å². The lowest BCUT2D eigenvalue weighted by molar-refractivity contribution is -0.0149. The van der Waals surface area contributed by atoms with E-state index in [0.29, 0.717) is 30.5 Å². The Labute approximate surface area is 196 Å². The van der Waals surface area contributed by atoms with Crippen LogP contribution in [0.2, 0.25) is 0 Å². The molecule has 7 nitrogen and oxygen atoms in total. The number of thiocarbonyl (C=S) groups is 1. The summed E-state index contributed by atoms with van der Waals surface area (Å²) in [7, 11) is -1.57. The monoisotopic (exact) mass is 479 g/mol. The van der Waals surface area contributed by atoms with Crippen LogP contribution < -0.4 is 20.1 Å². The summed E-state index contributed by atoms with van der Waals surface area (Å²) in [6.45, 7) is 8.00. The van der Waals surface area contributed by atoms with Gasteiger partial charge < -0.3 is 20.1 Å². The van der Waals surface area contributed by atoms with Crippen molar-refractivity contribution in [1.29, 1.82) is 0 Å². The molecule has 2 rings (SSSR count). The Bertz CT molecular complexity index is 970. The first-order chi connectivity index (χ1) is 15.0. The average molecular weight is 480 g/mol. The third-order valence-corrected chi connectivity index (χ3v) is 5.63. The number of nitrogens with one attached hydrogen (secondary N) is 3. The lowest BCUT2D eigenvalue weighted by Crippen LogP contribution is -2.34. The Morgan fingerprint density at radius 2 is 1.47 bits per heavy atom. The van der Waals surface area contributed by atoms with Crippen molar-refractivity contribution in [2.45, 2.75) is 40.0 Å². The summed E-state index contributed by atoms with van der Waals surface area (Å²) >= 11 is 5.34. The second-order valence-electron chi connectivity index (χ2n) is 8.65. The Balaban J connectivity index is 1.75. The van der Waals surface area contributed by atoms with E-state index < -0.39 is 10.0 Å². The molecule has 0 aliphatic rings. The fourth-order valence-corrected chi connectivity index (χ4v) is 3.59. The van der Waals surface area contributed by atoms with Gasteiger partial charge in [0.1, 0.15) is 12.4 Å². The first-order valence-electron chi connectivity index (χ1n) is 10.3. The van der Waals surface area contributed by atoms with Crippen LogP contribution in [-0.4, -0.2) is 39.6 Å². The number of rotatable bonds is 10. The molecule has 0 amide bonds. The highest BCUT2D eigenvalue weighted by atomic mass is 32.2. The van der Waals surface area contributed by atoms with Crippen LogP contribution in [0, 0.1) is 5.41 Å². The van der Waals surface area contributed by atoms with Gasteiger partial charge in [-0.3, -0.25) is 4.72 Å². The van der Waals surface area contributed by atoms with Crippen LogP contribution in [0.1, 0.15) is 31.9 Å². The zero-order valence-electron chi connectivity index (χ0n) is 19.3. The van der Waals surface area contributed by atoms with E-state index in [1.165, 1.54) is 0 Å². The molecule has 9 heteroatoms. The maximum absolute atomic E-state index is 11.3. The van der Waals surface area contributed by atoms with Gasteiger partial charge in [0.05, 0.1) is 12.4 Å². The second kappa shape index (κ2) is 11.5. The van der Waals surface area contributed by atoms with E-state index in [0.717, 1.165) is 23.1 Å². The van der Waals surface area contributed by atoms with Crippen molar-refractivity contribution in [3.05, 3.63) is 59.7 Å². The van der Waals surface area contributed by atoms with Gasteiger partial charge in [0.15, 0.2) is 5.11 Å². The highest BCUT2D eigenvalue weighted by molar-refractivity contribution is 7.92. The molecule has 0 heterocycles. The smallest absolute Gasteiger partial charge is 0.229 e. The summed E-state index contributed by atoms with van der Waals surface area (Å²) in [5.41, 5.74) is 2.60. The Morgan fingerprint density at radius 3 is 1.91 bits per heavy atom. The predicted octanol–water partition coefficient (Wildman–Crippen LogP) is 3.66. The SMILES string of the molecule is COC(COc1ccc(CNC(=S)NCc2ccc(NS(C)(=O)=O)cc2)cc1)C(C)(C)C. The van der Waals surface area contributed by atoms with E-state index in [1.807, 2.05) is 36.4 Å². The summed E-state index contributed by atoms with van der Waals surface area (Å²) in [6, 6.07) is 15.0. The molecule has 0 saturated heterocycles. The average Bonchev–Trinajstić information content (AvgIpc) is 2.71. The van der Waals surface area contributed by atoms with Crippen molar-refractivity contribution < 1.29 is 17.9 Å². The number of anilines is 1. The fraction of sp³-hybridized carbons (Fsp3) is 0.435. The molecule has 176 valence electrons. The van der Waals surface area contributed by atoms with E-state index >= 15 is 0 Å². The molecule has 3 N–H and O–H groups in total. The summed E-state index contributed by atoms with van der Waals surface area (Å²) in [5, 5.41) is 6.86. The first-order valence-corrected chi connectivity index (χ1v) is 12.6. The first kappa shape index (κ1) is 25.9. The molecule has 0 spiro atoms. The number of benzene rings is 2. The van der Waals surface area contributed by atoms with Gasteiger partial charge in [0.25, 0.3) is 0 Å². The molecule has 2 aromatic rings. The van der Waals surface area contributed by atoms with E-state index in [4.69, 9.17) is 21.7 Å². The van der Waals surface area contributed by atoms with Gasteiger partial charge in [-0.25, -0.2) is 8.42 Å². The van der Waals surface area contributed by atoms with Crippen molar-refractivity contribution in [1.82, 2.24) is 10.6 Å². The van der Waals surface area contributed by atoms with Gasteiger partial charge >= 0.3 is 0 Å². The van der Waals surface area contributed by atoms with Crippen molar-refractivity contribution in [2.75, 3.05) is 24.7 Å². The summed E-state index contributed by atoms with van der Waals surface area (Å²) in [6.07, 6.45) is 1.14. The second-order valence-corrected chi connectivity index (χ2v) is 10.8. The fourth-order valence-electron chi connectivity index (χ4n) is 2.88. The van der Waals surface area contributed by atoms with E-state index in [2.05, 4.69) is 36.1 Å². The minimum Gasteiger partial charge on any atom is -0.491 e. The summed E-state index contributed by atoms with van der Waals surface area (Å²) in [5.74, 6) is 0.801. The summed E-state index contributed by atoms with van der Waals surface area (Å²) in [4.78, 5) is 0. The van der Waals surface area contributed by atoms with Crippen molar-refractivity contribution >= 4 is 33.0 Å². The van der Waals surface area contributed by atoms with Crippen LogP contribution in [0.5, 0.6) is 5.75 Å². The topological polar surface area (TPSA) is 88.7 Å². The van der Waals surface area contributed by atoms with E-state index in [-0.39, 0.29) is 11.5 Å². The van der Waals surface area contributed by atoms with Crippen molar-refractivity contribution in [3.8, 4) is 5.75 Å². The molecule has 1 atom stereocenters. The largest absolute Gasteiger partial charge is 0.491 e. The third-order valence-electron chi connectivity index (χ3n) is 4.74. The van der Waals surface area contributed by atoms with Crippen LogP contribution >= 0.6 is 12.2 Å². The normalized spacial score (nSPS) is 12.7. The maximum atomic E-state index is 11.3. The van der Waals surface area contributed by atoms with Gasteiger partial charge in [0.2, 0.25) is 10.0 Å². The predicted molar refractivity (Wildman–Crippen MR) is 133 cm³/mol. The molecule has 0 bridgehead atoms. The summed E-state index contributed by atoms with van der Waals surface area (Å²) < 4.78 is 36.3. The van der Waals surface area contributed by atoms with Gasteiger partial charge in [-0.1, -0.05) is 45.0 Å². The number of ether oxygens (including phenoxy) is 2. The van der Waals surface area contributed by atoms with Crippen LogP contribution in [0.3, 0.4) is 0 Å². The minimum atomic E-state index is -3.28. The molecule has 0 radical (unpaired) electrons. The number of methoxy groups -OCH3 is 1. The number of hydrogen-bond acceptors (Lipinski definition) is 5. The van der Waals surface area contributed by atoms with Gasteiger partial charge in [0, 0.05) is 25.9 Å². The molecule has 0 aliphatic heterocycles. The van der Waals surface area contributed by atoms with E-state index in [9.17, 15) is 8.42 Å². The highest BCUT2D eigenvalue weighted by Gasteiger charge is 2.24. The Morgan fingerprint density at radius 1 is 0.969 bits per heavy atom. The molecule has 2 aromatic carbocycles.